The third-order valence-corrected chi connectivity index (χ3v) is 3.70. The van der Waals surface area contributed by atoms with Crippen molar-refractivity contribution in [3.05, 3.63) is 23.0 Å². The van der Waals surface area contributed by atoms with Crippen LogP contribution in [0, 0.1) is 19.3 Å². The van der Waals surface area contributed by atoms with E-state index in [1.54, 1.807) is 0 Å². The number of aryl methyl sites for hydroxylation is 2. The highest BCUT2D eigenvalue weighted by molar-refractivity contribution is 5.94. The van der Waals surface area contributed by atoms with Crippen LogP contribution in [0.15, 0.2) is 6.07 Å². The van der Waals surface area contributed by atoms with Crippen molar-refractivity contribution in [2.45, 2.75) is 27.2 Å². The molecule has 4 nitrogen and oxygen atoms in total. The molecule has 3 N–H and O–H groups in total. The summed E-state index contributed by atoms with van der Waals surface area (Å²) in [4.78, 5) is 17.4. The normalized spacial score (nSPS) is 23.0. The van der Waals surface area contributed by atoms with Crippen LogP contribution in [0.4, 0.5) is 0 Å². The van der Waals surface area contributed by atoms with Gasteiger partial charge in [-0.3, -0.25) is 4.79 Å². The molecule has 1 aliphatic heterocycles. The van der Waals surface area contributed by atoms with Gasteiger partial charge in [-0.1, -0.05) is 6.92 Å². The van der Waals surface area contributed by atoms with Crippen molar-refractivity contribution in [2.75, 3.05) is 19.6 Å². The summed E-state index contributed by atoms with van der Waals surface area (Å²) in [6.07, 6.45) is 0.994. The molecule has 1 aromatic rings. The Balaban J connectivity index is 0.00000162. The summed E-state index contributed by atoms with van der Waals surface area (Å²) in [5.74, 6) is 0.104. The highest BCUT2D eigenvalue weighted by atomic mass is 35.5. The molecule has 0 radical (unpaired) electrons. The van der Waals surface area contributed by atoms with Crippen LogP contribution in [0.5, 0.6) is 0 Å². The number of nitrogens with one attached hydrogen (secondary N) is 1. The second-order valence-corrected chi connectivity index (χ2v) is 5.50. The second-order valence-electron chi connectivity index (χ2n) is 5.50. The Hall–Kier alpha value is -1.00. The Bertz CT molecular complexity index is 443. The van der Waals surface area contributed by atoms with Crippen molar-refractivity contribution in [1.82, 2.24) is 9.88 Å². The minimum Gasteiger partial charge on any atom is -0.354 e. The van der Waals surface area contributed by atoms with Crippen molar-refractivity contribution in [3.63, 3.8) is 0 Å². The molecule has 2 heterocycles. The van der Waals surface area contributed by atoms with Gasteiger partial charge in [-0.15, -0.1) is 12.4 Å². The van der Waals surface area contributed by atoms with Crippen molar-refractivity contribution < 1.29 is 4.79 Å². The van der Waals surface area contributed by atoms with E-state index >= 15 is 0 Å². The Labute approximate surface area is 114 Å². The summed E-state index contributed by atoms with van der Waals surface area (Å²) < 4.78 is 0. The zero-order valence-corrected chi connectivity index (χ0v) is 12.1. The first-order valence-electron chi connectivity index (χ1n) is 6.11. The maximum atomic E-state index is 12.3. The summed E-state index contributed by atoms with van der Waals surface area (Å²) in [6, 6.07) is 2.01. The summed E-state index contributed by atoms with van der Waals surface area (Å²) in [5, 5.41) is 0. The van der Waals surface area contributed by atoms with Gasteiger partial charge >= 0.3 is 0 Å². The predicted octanol–water partition coefficient (Wildman–Crippen LogP) is 1.86. The molecule has 1 aromatic heterocycles. The molecule has 5 heteroatoms. The molecule has 1 atom stereocenters. The molecule has 2 rings (SSSR count). The SMILES string of the molecule is Cc1cc(C)c(C(=O)N2CCC(C)(CN)C2)[nH]1.Cl. The number of aromatic amines is 1. The number of rotatable bonds is 2. The van der Waals surface area contributed by atoms with Crippen molar-refractivity contribution in [1.29, 1.82) is 0 Å². The average Bonchev–Trinajstić information content (AvgIpc) is 2.82. The van der Waals surface area contributed by atoms with E-state index in [2.05, 4.69) is 11.9 Å². The Morgan fingerprint density at radius 2 is 2.22 bits per heavy atom. The van der Waals surface area contributed by atoms with Crippen LogP contribution in [0.1, 0.15) is 35.1 Å². The molecule has 1 fully saturated rings. The number of carbonyl (C=O) groups excluding carboxylic acids is 1. The van der Waals surface area contributed by atoms with Crippen LogP contribution in [-0.4, -0.2) is 35.4 Å². The molecule has 0 aromatic carbocycles. The number of hydrogen-bond acceptors (Lipinski definition) is 2. The Morgan fingerprint density at radius 1 is 1.56 bits per heavy atom. The van der Waals surface area contributed by atoms with Gasteiger partial charge in [0.2, 0.25) is 0 Å². The van der Waals surface area contributed by atoms with Gasteiger partial charge in [0.1, 0.15) is 5.69 Å². The number of halogens is 1. The van der Waals surface area contributed by atoms with Crippen molar-refractivity contribution >= 4 is 18.3 Å². The number of aromatic nitrogens is 1. The zero-order chi connectivity index (χ0) is 12.6. The number of H-pyrrole nitrogens is 1. The lowest BCUT2D eigenvalue weighted by atomic mass is 9.90. The minimum absolute atomic E-state index is 0. The fourth-order valence-corrected chi connectivity index (χ4v) is 2.47. The van der Waals surface area contributed by atoms with Gasteiger partial charge < -0.3 is 15.6 Å². The number of hydrogen-bond donors (Lipinski definition) is 2. The molecule has 0 aliphatic carbocycles. The lowest BCUT2D eigenvalue weighted by molar-refractivity contribution is 0.0771. The molecule has 18 heavy (non-hydrogen) atoms. The van der Waals surface area contributed by atoms with E-state index in [1.165, 1.54) is 0 Å². The molecule has 1 unspecified atom stereocenters. The first-order valence-corrected chi connectivity index (χ1v) is 6.11. The third-order valence-electron chi connectivity index (χ3n) is 3.70. The monoisotopic (exact) mass is 271 g/mol. The first kappa shape index (κ1) is 15.1. The van der Waals surface area contributed by atoms with Crippen LogP contribution >= 0.6 is 12.4 Å². The van der Waals surface area contributed by atoms with Crippen molar-refractivity contribution in [2.24, 2.45) is 11.1 Å². The molecule has 0 saturated carbocycles. The maximum Gasteiger partial charge on any atom is 0.270 e. The van der Waals surface area contributed by atoms with Gasteiger partial charge in [-0.2, -0.15) is 0 Å². The smallest absolute Gasteiger partial charge is 0.270 e. The lowest BCUT2D eigenvalue weighted by Crippen LogP contribution is -2.34. The number of nitrogens with zero attached hydrogens (tertiary/aromatic N) is 1. The molecule has 1 aliphatic rings. The van der Waals surface area contributed by atoms with Gasteiger partial charge in [-0.05, 0) is 43.9 Å². The Kier molecular flexibility index (Phi) is 4.46. The van der Waals surface area contributed by atoms with E-state index < -0.39 is 0 Å². The summed E-state index contributed by atoms with van der Waals surface area (Å²) in [5.41, 5.74) is 8.63. The van der Waals surface area contributed by atoms with E-state index in [0.29, 0.717) is 6.54 Å². The van der Waals surface area contributed by atoms with Crippen LogP contribution < -0.4 is 5.73 Å². The van der Waals surface area contributed by atoms with E-state index in [-0.39, 0.29) is 23.7 Å². The molecule has 1 amide bonds. The second kappa shape index (κ2) is 5.33. The van der Waals surface area contributed by atoms with Gasteiger partial charge in [0.25, 0.3) is 5.91 Å². The average molecular weight is 272 g/mol. The first-order chi connectivity index (χ1) is 7.95. The lowest BCUT2D eigenvalue weighted by Gasteiger charge is -2.22. The summed E-state index contributed by atoms with van der Waals surface area (Å²) >= 11 is 0. The number of carbonyl (C=O) groups is 1. The fraction of sp³-hybridized carbons (Fsp3) is 0.615. The maximum absolute atomic E-state index is 12.3. The largest absolute Gasteiger partial charge is 0.354 e. The highest BCUT2D eigenvalue weighted by Crippen LogP contribution is 2.29. The number of nitrogens with two attached hydrogens (primary N) is 1. The summed E-state index contributed by atoms with van der Waals surface area (Å²) in [7, 11) is 0. The molecular formula is C13H22ClN3O. The zero-order valence-electron chi connectivity index (χ0n) is 11.2. The number of likely N-dealkylation sites (tertiary alicyclic amines) is 1. The molecule has 0 spiro atoms. The molecule has 0 bridgehead atoms. The summed E-state index contributed by atoms with van der Waals surface area (Å²) in [6.45, 7) is 8.29. The van der Waals surface area contributed by atoms with Crippen LogP contribution in [0.25, 0.3) is 0 Å². The van der Waals surface area contributed by atoms with Gasteiger partial charge in [0, 0.05) is 18.8 Å². The third kappa shape index (κ3) is 2.70. The van der Waals surface area contributed by atoms with Crippen molar-refractivity contribution in [3.8, 4) is 0 Å². The van der Waals surface area contributed by atoms with Gasteiger partial charge in [0.05, 0.1) is 0 Å². The molecule has 1 saturated heterocycles. The quantitative estimate of drug-likeness (QED) is 0.863. The standard InChI is InChI=1S/C13H21N3O.ClH/c1-9-6-10(2)15-11(9)12(17)16-5-4-13(3,7-14)8-16;/h6,15H,4-5,7-8,14H2,1-3H3;1H. The van der Waals surface area contributed by atoms with Gasteiger partial charge in [-0.25, -0.2) is 0 Å². The minimum atomic E-state index is 0. The van der Waals surface area contributed by atoms with E-state index in [4.69, 9.17) is 5.73 Å². The van der Waals surface area contributed by atoms with E-state index in [1.807, 2.05) is 24.8 Å². The molecular weight excluding hydrogens is 250 g/mol. The highest BCUT2D eigenvalue weighted by Gasteiger charge is 2.35. The molecule has 102 valence electrons. The topological polar surface area (TPSA) is 62.1 Å². The van der Waals surface area contributed by atoms with Crippen LogP contribution in [0.3, 0.4) is 0 Å². The van der Waals surface area contributed by atoms with Gasteiger partial charge in [0.15, 0.2) is 0 Å². The number of amides is 1. The van der Waals surface area contributed by atoms with Crippen LogP contribution in [-0.2, 0) is 0 Å². The predicted molar refractivity (Wildman–Crippen MR) is 75.2 cm³/mol. The Morgan fingerprint density at radius 3 is 2.67 bits per heavy atom. The van der Waals surface area contributed by atoms with E-state index in [0.717, 1.165) is 36.5 Å². The van der Waals surface area contributed by atoms with Crippen LogP contribution in [0.2, 0.25) is 0 Å². The fourth-order valence-electron chi connectivity index (χ4n) is 2.47. The van der Waals surface area contributed by atoms with E-state index in [9.17, 15) is 4.79 Å².